The SMILES string of the molecule is CC(=S)Oc1ccc(Br)cc1. The lowest BCUT2D eigenvalue weighted by Crippen LogP contribution is -1.97. The fourth-order valence-electron chi connectivity index (χ4n) is 0.669. The molecule has 0 saturated carbocycles. The third-order valence-electron chi connectivity index (χ3n) is 1.08. The summed E-state index contributed by atoms with van der Waals surface area (Å²) in [4.78, 5) is 0. The molecule has 0 saturated heterocycles. The third kappa shape index (κ3) is 2.99. The molecule has 58 valence electrons. The van der Waals surface area contributed by atoms with Crippen molar-refractivity contribution in [2.45, 2.75) is 6.92 Å². The van der Waals surface area contributed by atoms with Gasteiger partial charge in [0.05, 0.1) is 0 Å². The fourth-order valence-corrected chi connectivity index (χ4v) is 1.03. The minimum absolute atomic E-state index is 0.535. The number of hydrogen-bond acceptors (Lipinski definition) is 2. The van der Waals surface area contributed by atoms with Gasteiger partial charge >= 0.3 is 0 Å². The summed E-state index contributed by atoms with van der Waals surface area (Å²) < 4.78 is 6.21. The standard InChI is InChI=1S/C8H7BrOS/c1-6(11)10-8-4-2-7(9)3-5-8/h2-5H,1H3. The van der Waals surface area contributed by atoms with Gasteiger partial charge in [0.2, 0.25) is 0 Å². The lowest BCUT2D eigenvalue weighted by atomic mass is 10.3. The molecular formula is C8H7BrOS. The molecule has 0 atom stereocenters. The van der Waals surface area contributed by atoms with Gasteiger partial charge in [-0.05, 0) is 36.5 Å². The Morgan fingerprint density at radius 1 is 1.36 bits per heavy atom. The molecule has 0 bridgehead atoms. The second kappa shape index (κ2) is 3.83. The van der Waals surface area contributed by atoms with E-state index in [1.165, 1.54) is 0 Å². The smallest absolute Gasteiger partial charge is 0.164 e. The van der Waals surface area contributed by atoms with Gasteiger partial charge in [-0.1, -0.05) is 15.9 Å². The van der Waals surface area contributed by atoms with Crippen LogP contribution in [0.25, 0.3) is 0 Å². The molecule has 0 amide bonds. The Morgan fingerprint density at radius 3 is 2.36 bits per heavy atom. The van der Waals surface area contributed by atoms with Crippen molar-refractivity contribution in [1.29, 1.82) is 0 Å². The molecule has 0 N–H and O–H groups in total. The van der Waals surface area contributed by atoms with E-state index in [2.05, 4.69) is 15.9 Å². The van der Waals surface area contributed by atoms with Gasteiger partial charge in [0.15, 0.2) is 5.05 Å². The molecular weight excluding hydrogens is 224 g/mol. The Balaban J connectivity index is 2.74. The zero-order chi connectivity index (χ0) is 8.27. The number of halogens is 1. The van der Waals surface area contributed by atoms with E-state index in [9.17, 15) is 0 Å². The lowest BCUT2D eigenvalue weighted by Gasteiger charge is -2.01. The predicted molar refractivity (Wildman–Crippen MR) is 53.0 cm³/mol. The van der Waals surface area contributed by atoms with Gasteiger partial charge < -0.3 is 4.74 Å². The van der Waals surface area contributed by atoms with E-state index in [0.717, 1.165) is 10.2 Å². The van der Waals surface area contributed by atoms with Gasteiger partial charge in [0.25, 0.3) is 0 Å². The highest BCUT2D eigenvalue weighted by Gasteiger charge is 1.92. The summed E-state index contributed by atoms with van der Waals surface area (Å²) in [5, 5.41) is 0.535. The van der Waals surface area contributed by atoms with Crippen LogP contribution in [-0.2, 0) is 0 Å². The van der Waals surface area contributed by atoms with Crippen molar-refractivity contribution in [3.8, 4) is 5.75 Å². The maximum absolute atomic E-state index is 5.18. The Labute approximate surface area is 79.5 Å². The molecule has 0 unspecified atom stereocenters. The molecule has 1 aromatic carbocycles. The number of hydrogen-bond donors (Lipinski definition) is 0. The van der Waals surface area contributed by atoms with Crippen molar-refractivity contribution in [1.82, 2.24) is 0 Å². The van der Waals surface area contributed by atoms with E-state index in [1.807, 2.05) is 24.3 Å². The second-order valence-electron chi connectivity index (χ2n) is 2.05. The number of rotatable bonds is 1. The van der Waals surface area contributed by atoms with E-state index >= 15 is 0 Å². The molecule has 3 heteroatoms. The van der Waals surface area contributed by atoms with Gasteiger partial charge in [-0.25, -0.2) is 0 Å². The van der Waals surface area contributed by atoms with Crippen LogP contribution in [-0.4, -0.2) is 5.05 Å². The van der Waals surface area contributed by atoms with Crippen LogP contribution in [0.3, 0.4) is 0 Å². The summed E-state index contributed by atoms with van der Waals surface area (Å²) in [5.74, 6) is 0.778. The van der Waals surface area contributed by atoms with E-state index in [1.54, 1.807) is 6.92 Å². The summed E-state index contributed by atoms with van der Waals surface area (Å²) in [6.07, 6.45) is 0. The number of thiocarbonyl (C=S) groups is 1. The average Bonchev–Trinajstić information content (AvgIpc) is 1.93. The first-order valence-corrected chi connectivity index (χ1v) is 4.32. The van der Waals surface area contributed by atoms with E-state index < -0.39 is 0 Å². The molecule has 0 aliphatic heterocycles. The van der Waals surface area contributed by atoms with Crippen LogP contribution in [0.4, 0.5) is 0 Å². The quantitative estimate of drug-likeness (QED) is 0.686. The Morgan fingerprint density at radius 2 is 1.91 bits per heavy atom. The van der Waals surface area contributed by atoms with Gasteiger partial charge in [-0.2, -0.15) is 0 Å². The highest BCUT2D eigenvalue weighted by Crippen LogP contribution is 2.16. The van der Waals surface area contributed by atoms with Crippen LogP contribution in [0.5, 0.6) is 5.75 Å². The fraction of sp³-hybridized carbons (Fsp3) is 0.125. The Bertz CT molecular complexity index is 255. The molecule has 0 fully saturated rings. The van der Waals surface area contributed by atoms with Crippen LogP contribution >= 0.6 is 28.1 Å². The van der Waals surface area contributed by atoms with Crippen LogP contribution in [0, 0.1) is 0 Å². The van der Waals surface area contributed by atoms with Gasteiger partial charge in [-0.15, -0.1) is 0 Å². The van der Waals surface area contributed by atoms with Gasteiger partial charge in [-0.3, -0.25) is 0 Å². The monoisotopic (exact) mass is 230 g/mol. The second-order valence-corrected chi connectivity index (χ2v) is 3.54. The van der Waals surface area contributed by atoms with Crippen LogP contribution in [0.15, 0.2) is 28.7 Å². The molecule has 1 rings (SSSR count). The summed E-state index contributed by atoms with van der Waals surface area (Å²) in [7, 11) is 0. The van der Waals surface area contributed by atoms with E-state index in [-0.39, 0.29) is 0 Å². The van der Waals surface area contributed by atoms with Crippen molar-refractivity contribution >= 4 is 33.2 Å². The van der Waals surface area contributed by atoms with E-state index in [0.29, 0.717) is 5.05 Å². The number of benzene rings is 1. The molecule has 11 heavy (non-hydrogen) atoms. The van der Waals surface area contributed by atoms with Crippen molar-refractivity contribution in [3.63, 3.8) is 0 Å². The largest absolute Gasteiger partial charge is 0.451 e. The Kier molecular flexibility index (Phi) is 3.02. The molecule has 1 aromatic rings. The predicted octanol–water partition coefficient (Wildman–Crippen LogP) is 3.18. The van der Waals surface area contributed by atoms with Crippen molar-refractivity contribution in [3.05, 3.63) is 28.7 Å². The summed E-state index contributed by atoms with van der Waals surface area (Å²) in [6.45, 7) is 1.75. The zero-order valence-electron chi connectivity index (χ0n) is 6.00. The molecule has 0 aromatic heterocycles. The lowest BCUT2D eigenvalue weighted by molar-refractivity contribution is 0.561. The highest BCUT2D eigenvalue weighted by atomic mass is 79.9. The van der Waals surface area contributed by atoms with Gasteiger partial charge in [0.1, 0.15) is 5.75 Å². The highest BCUT2D eigenvalue weighted by molar-refractivity contribution is 9.10. The first-order chi connectivity index (χ1) is 5.18. The van der Waals surface area contributed by atoms with Crippen LogP contribution in [0.2, 0.25) is 0 Å². The van der Waals surface area contributed by atoms with Crippen molar-refractivity contribution in [2.24, 2.45) is 0 Å². The average molecular weight is 231 g/mol. The third-order valence-corrected chi connectivity index (χ3v) is 1.69. The van der Waals surface area contributed by atoms with Crippen molar-refractivity contribution < 1.29 is 4.74 Å². The van der Waals surface area contributed by atoms with E-state index in [4.69, 9.17) is 17.0 Å². The topological polar surface area (TPSA) is 9.23 Å². The number of ether oxygens (including phenoxy) is 1. The van der Waals surface area contributed by atoms with Crippen molar-refractivity contribution in [2.75, 3.05) is 0 Å². The molecule has 0 radical (unpaired) electrons. The summed E-state index contributed by atoms with van der Waals surface area (Å²) >= 11 is 8.10. The first kappa shape index (κ1) is 8.68. The minimum atomic E-state index is 0.535. The molecule has 1 nitrogen and oxygen atoms in total. The van der Waals surface area contributed by atoms with Crippen LogP contribution < -0.4 is 4.74 Å². The Hall–Kier alpha value is -0.410. The molecule has 0 aliphatic rings. The summed E-state index contributed by atoms with van der Waals surface area (Å²) in [5.41, 5.74) is 0. The molecule has 0 spiro atoms. The summed E-state index contributed by atoms with van der Waals surface area (Å²) in [6, 6.07) is 7.54. The van der Waals surface area contributed by atoms with Crippen LogP contribution in [0.1, 0.15) is 6.92 Å². The molecule has 0 heterocycles. The first-order valence-electron chi connectivity index (χ1n) is 3.12. The van der Waals surface area contributed by atoms with Gasteiger partial charge in [0, 0.05) is 11.4 Å². The maximum Gasteiger partial charge on any atom is 0.164 e. The normalized spacial score (nSPS) is 9.27. The zero-order valence-corrected chi connectivity index (χ0v) is 8.41. The molecule has 0 aliphatic carbocycles. The minimum Gasteiger partial charge on any atom is -0.451 e. The maximum atomic E-state index is 5.18.